The van der Waals surface area contributed by atoms with Crippen LogP contribution in [0.5, 0.6) is 0 Å². The second-order valence-electron chi connectivity index (χ2n) is 7.12. The molecule has 5 nitrogen and oxygen atoms in total. The van der Waals surface area contributed by atoms with Crippen LogP contribution in [-0.2, 0) is 6.54 Å². The number of pyridine rings is 1. The number of likely N-dealkylation sites (tertiary alicyclic amines) is 1. The first-order valence-corrected chi connectivity index (χ1v) is 9.13. The summed E-state index contributed by atoms with van der Waals surface area (Å²) in [5, 5.41) is 13.9. The molecule has 1 fully saturated rings. The summed E-state index contributed by atoms with van der Waals surface area (Å²) in [5.74, 6) is 0.600. The van der Waals surface area contributed by atoms with Gasteiger partial charge in [-0.15, -0.1) is 0 Å². The monoisotopic (exact) mass is 345 g/mol. The summed E-state index contributed by atoms with van der Waals surface area (Å²) in [4.78, 5) is 6.87. The van der Waals surface area contributed by atoms with Gasteiger partial charge in [0.25, 0.3) is 0 Å². The molecule has 3 aromatic rings. The van der Waals surface area contributed by atoms with Crippen molar-refractivity contribution in [2.45, 2.75) is 25.9 Å². The van der Waals surface area contributed by atoms with E-state index >= 15 is 0 Å². The number of aromatic nitrogens is 2. The molecule has 4 rings (SSSR count). The molecule has 132 valence electrons. The van der Waals surface area contributed by atoms with Gasteiger partial charge in [-0.1, -0.05) is 37.3 Å². The van der Waals surface area contributed by atoms with Crippen LogP contribution in [0, 0.1) is 17.4 Å². The van der Waals surface area contributed by atoms with Gasteiger partial charge in [-0.05, 0) is 36.6 Å². The van der Waals surface area contributed by atoms with Crippen LogP contribution in [0.4, 0.5) is 5.69 Å². The summed E-state index contributed by atoms with van der Waals surface area (Å²) >= 11 is 0. The third kappa shape index (κ3) is 3.29. The van der Waals surface area contributed by atoms with E-state index in [0.29, 0.717) is 17.6 Å². The minimum absolute atomic E-state index is 0.378. The summed E-state index contributed by atoms with van der Waals surface area (Å²) in [6.45, 7) is 5.45. The number of rotatable bonds is 4. The Morgan fingerprint density at radius 1 is 1.23 bits per heavy atom. The Kier molecular flexibility index (Phi) is 4.59. The van der Waals surface area contributed by atoms with Crippen molar-refractivity contribution >= 4 is 16.7 Å². The van der Waals surface area contributed by atoms with E-state index in [9.17, 15) is 5.26 Å². The van der Waals surface area contributed by atoms with Crippen LogP contribution in [0.1, 0.15) is 18.9 Å². The molecule has 0 unspecified atom stereocenters. The largest absolute Gasteiger partial charge is 0.380 e. The molecule has 0 amide bonds. The summed E-state index contributed by atoms with van der Waals surface area (Å²) in [6.07, 6.45) is 6.86. The zero-order chi connectivity index (χ0) is 17.9. The van der Waals surface area contributed by atoms with Crippen LogP contribution in [0.3, 0.4) is 0 Å². The number of piperidine rings is 1. The standard InChI is InChI=1S/C21H23N5/c1-16-8-11-25(13-17-5-3-2-4-6-17)14-20(16)24-19-7-10-23-21-18(19)9-12-26(21)15-22/h2-7,9-10,12,16,20H,8,11,13-14H2,1H3,(H,23,24)/t16-,20+/m0/s1. The van der Waals surface area contributed by atoms with Gasteiger partial charge >= 0.3 is 0 Å². The van der Waals surface area contributed by atoms with E-state index in [1.807, 2.05) is 12.1 Å². The first kappa shape index (κ1) is 16.6. The Hall–Kier alpha value is -2.84. The van der Waals surface area contributed by atoms with Crippen LogP contribution in [0.2, 0.25) is 0 Å². The molecular formula is C21H23N5. The number of hydrogen-bond acceptors (Lipinski definition) is 4. The molecule has 3 heterocycles. The van der Waals surface area contributed by atoms with Gasteiger partial charge in [0, 0.05) is 42.6 Å². The van der Waals surface area contributed by atoms with Crippen LogP contribution in [0.25, 0.3) is 11.0 Å². The zero-order valence-electron chi connectivity index (χ0n) is 15.0. The predicted octanol–water partition coefficient (Wildman–Crippen LogP) is 3.69. The fourth-order valence-corrected chi connectivity index (χ4v) is 3.75. The smallest absolute Gasteiger partial charge is 0.190 e. The van der Waals surface area contributed by atoms with Crippen LogP contribution in [0.15, 0.2) is 54.9 Å². The molecular weight excluding hydrogens is 322 g/mol. The van der Waals surface area contributed by atoms with E-state index in [4.69, 9.17) is 0 Å². The molecule has 2 atom stereocenters. The first-order chi connectivity index (χ1) is 12.7. The first-order valence-electron chi connectivity index (χ1n) is 9.13. The highest BCUT2D eigenvalue weighted by Crippen LogP contribution is 2.27. The molecule has 26 heavy (non-hydrogen) atoms. The molecule has 1 aliphatic rings. The molecule has 0 saturated carbocycles. The van der Waals surface area contributed by atoms with Crippen molar-refractivity contribution in [1.29, 1.82) is 5.26 Å². The summed E-state index contributed by atoms with van der Waals surface area (Å²) < 4.78 is 1.51. The maximum Gasteiger partial charge on any atom is 0.190 e. The highest BCUT2D eigenvalue weighted by atomic mass is 15.2. The normalized spacial score (nSPS) is 20.8. The van der Waals surface area contributed by atoms with Crippen molar-refractivity contribution in [3.63, 3.8) is 0 Å². The van der Waals surface area contributed by atoms with Crippen LogP contribution < -0.4 is 5.32 Å². The van der Waals surface area contributed by atoms with E-state index in [-0.39, 0.29) is 0 Å². The summed E-state index contributed by atoms with van der Waals surface area (Å²) in [6, 6.07) is 15.0. The number of fused-ring (bicyclic) bond motifs is 1. The van der Waals surface area contributed by atoms with Gasteiger partial charge in [-0.2, -0.15) is 5.26 Å². The molecule has 0 spiro atoms. The number of benzene rings is 1. The van der Waals surface area contributed by atoms with E-state index < -0.39 is 0 Å². The molecule has 0 aliphatic carbocycles. The number of nitriles is 1. The summed E-state index contributed by atoms with van der Waals surface area (Å²) in [5.41, 5.74) is 3.13. The van der Waals surface area contributed by atoms with Crippen molar-refractivity contribution in [2.75, 3.05) is 18.4 Å². The third-order valence-corrected chi connectivity index (χ3v) is 5.33. The van der Waals surface area contributed by atoms with Crippen molar-refractivity contribution < 1.29 is 0 Å². The van der Waals surface area contributed by atoms with Crippen molar-refractivity contribution in [1.82, 2.24) is 14.5 Å². The Morgan fingerprint density at radius 2 is 2.08 bits per heavy atom. The van der Waals surface area contributed by atoms with Gasteiger partial charge < -0.3 is 5.32 Å². The van der Waals surface area contributed by atoms with Crippen molar-refractivity contribution in [3.05, 3.63) is 60.4 Å². The lowest BCUT2D eigenvalue weighted by Crippen LogP contribution is -2.46. The van der Waals surface area contributed by atoms with Crippen molar-refractivity contribution in [3.8, 4) is 6.19 Å². The molecule has 1 N–H and O–H groups in total. The molecule has 1 saturated heterocycles. The van der Waals surface area contributed by atoms with E-state index in [1.165, 1.54) is 16.6 Å². The third-order valence-electron chi connectivity index (χ3n) is 5.33. The SMILES string of the molecule is C[C@H]1CCN(Cc2ccccc2)C[C@H]1Nc1ccnc2c1ccn2C#N. The minimum Gasteiger partial charge on any atom is -0.380 e. The fourth-order valence-electron chi connectivity index (χ4n) is 3.75. The molecule has 1 aliphatic heterocycles. The van der Waals surface area contributed by atoms with Gasteiger partial charge in [-0.3, -0.25) is 4.90 Å². The molecule has 5 heteroatoms. The van der Waals surface area contributed by atoms with E-state index in [1.54, 1.807) is 12.4 Å². The second-order valence-corrected chi connectivity index (χ2v) is 7.12. The Balaban J connectivity index is 1.52. The minimum atomic E-state index is 0.378. The quantitative estimate of drug-likeness (QED) is 0.783. The maximum atomic E-state index is 9.20. The number of nitrogens with one attached hydrogen (secondary N) is 1. The predicted molar refractivity (Wildman–Crippen MR) is 104 cm³/mol. The number of anilines is 1. The molecule has 0 bridgehead atoms. The lowest BCUT2D eigenvalue weighted by atomic mass is 9.92. The zero-order valence-corrected chi connectivity index (χ0v) is 15.0. The molecule has 0 radical (unpaired) electrons. The van der Waals surface area contributed by atoms with Crippen LogP contribution >= 0.6 is 0 Å². The van der Waals surface area contributed by atoms with Gasteiger partial charge in [0.15, 0.2) is 11.8 Å². The topological polar surface area (TPSA) is 56.9 Å². The van der Waals surface area contributed by atoms with Crippen LogP contribution in [-0.4, -0.2) is 33.6 Å². The fraction of sp³-hybridized carbons (Fsp3) is 0.333. The molecule has 2 aromatic heterocycles. The Bertz CT molecular complexity index is 924. The van der Waals surface area contributed by atoms with Gasteiger partial charge in [-0.25, -0.2) is 9.55 Å². The molecule has 1 aromatic carbocycles. The summed E-state index contributed by atoms with van der Waals surface area (Å²) in [7, 11) is 0. The maximum absolute atomic E-state index is 9.20. The van der Waals surface area contributed by atoms with Crippen molar-refractivity contribution in [2.24, 2.45) is 5.92 Å². The number of hydrogen-bond donors (Lipinski definition) is 1. The number of nitrogens with zero attached hydrogens (tertiary/aromatic N) is 4. The highest BCUT2D eigenvalue weighted by molar-refractivity contribution is 5.90. The average Bonchev–Trinajstić information content (AvgIpc) is 3.09. The lowest BCUT2D eigenvalue weighted by Gasteiger charge is -2.38. The van der Waals surface area contributed by atoms with E-state index in [2.05, 4.69) is 58.6 Å². The van der Waals surface area contributed by atoms with Gasteiger partial charge in [0.05, 0.1) is 0 Å². The second kappa shape index (κ2) is 7.19. The van der Waals surface area contributed by atoms with E-state index in [0.717, 1.165) is 30.7 Å². The Morgan fingerprint density at radius 3 is 2.88 bits per heavy atom. The average molecular weight is 345 g/mol. The highest BCUT2D eigenvalue weighted by Gasteiger charge is 2.26. The van der Waals surface area contributed by atoms with Gasteiger partial charge in [0.1, 0.15) is 0 Å². The Labute approximate surface area is 153 Å². The van der Waals surface area contributed by atoms with Gasteiger partial charge in [0.2, 0.25) is 0 Å². The lowest BCUT2D eigenvalue weighted by molar-refractivity contribution is 0.170.